The van der Waals surface area contributed by atoms with Crippen LogP contribution in [0.5, 0.6) is 11.5 Å². The lowest BCUT2D eigenvalue weighted by Gasteiger charge is -2.23. The number of aromatic nitrogens is 2. The van der Waals surface area contributed by atoms with Crippen molar-refractivity contribution < 1.29 is 28.2 Å². The average molecular weight is 478 g/mol. The summed E-state index contributed by atoms with van der Waals surface area (Å²) < 4.78 is 17.7. The Balaban J connectivity index is 1.45. The number of ether oxygens (including phenoxy) is 2. The molecule has 0 N–H and O–H groups in total. The van der Waals surface area contributed by atoms with Crippen molar-refractivity contribution in [1.29, 1.82) is 0 Å². The van der Waals surface area contributed by atoms with Gasteiger partial charge in [0.05, 0.1) is 13.7 Å². The van der Waals surface area contributed by atoms with Gasteiger partial charge in [-0.15, -0.1) is 16.7 Å². The van der Waals surface area contributed by atoms with Crippen LogP contribution in [0.15, 0.2) is 64.5 Å². The molecule has 2 aromatic carbocycles. The number of anilines is 1. The van der Waals surface area contributed by atoms with Gasteiger partial charge >= 0.3 is 11.9 Å². The summed E-state index contributed by atoms with van der Waals surface area (Å²) in [6, 6.07) is 13.7. The Hall–Kier alpha value is -3.92. The molecule has 172 valence electrons. The van der Waals surface area contributed by atoms with E-state index in [1.165, 1.54) is 21.2 Å². The quantitative estimate of drug-likeness (QED) is 0.473. The van der Waals surface area contributed by atoms with Gasteiger partial charge in [-0.1, -0.05) is 17.3 Å². The third kappa shape index (κ3) is 3.96. The molecule has 10 heteroatoms. The Bertz CT molecular complexity index is 1310. The number of urea groups is 1. The molecule has 0 saturated carbocycles. The second-order valence-corrected chi connectivity index (χ2v) is 8.47. The molecule has 0 fully saturated rings. The summed E-state index contributed by atoms with van der Waals surface area (Å²) in [6.45, 7) is 2.45. The van der Waals surface area contributed by atoms with E-state index in [1.807, 2.05) is 30.5 Å². The molecule has 1 aromatic heterocycles. The monoisotopic (exact) mass is 477 g/mol. The number of benzene rings is 2. The van der Waals surface area contributed by atoms with Crippen LogP contribution in [0.2, 0.25) is 0 Å². The van der Waals surface area contributed by atoms with Crippen molar-refractivity contribution in [1.82, 2.24) is 10.1 Å². The van der Waals surface area contributed by atoms with Crippen molar-refractivity contribution in [3.8, 4) is 22.9 Å². The maximum absolute atomic E-state index is 13.5. The van der Waals surface area contributed by atoms with Crippen molar-refractivity contribution >= 4 is 35.1 Å². The highest BCUT2D eigenvalue weighted by Gasteiger charge is 2.50. The summed E-state index contributed by atoms with van der Waals surface area (Å²) in [5.74, 6) is 1.68. The molecular weight excluding hydrogens is 456 g/mol. The first-order valence-electron chi connectivity index (χ1n) is 10.6. The van der Waals surface area contributed by atoms with E-state index in [-0.39, 0.29) is 18.3 Å². The number of amides is 3. The molecular formula is C24H21N4O5S+. The Morgan fingerprint density at radius 1 is 1.15 bits per heavy atom. The predicted molar refractivity (Wildman–Crippen MR) is 126 cm³/mol. The normalized spacial score (nSPS) is 17.4. The second kappa shape index (κ2) is 9.14. The Kier molecular flexibility index (Phi) is 5.89. The minimum atomic E-state index is -0.523. The number of fused-ring (bicyclic) bond motifs is 1. The summed E-state index contributed by atoms with van der Waals surface area (Å²) in [6.07, 6.45) is 1.78. The van der Waals surface area contributed by atoms with E-state index in [4.69, 9.17) is 14.0 Å². The fourth-order valence-electron chi connectivity index (χ4n) is 3.79. The van der Waals surface area contributed by atoms with E-state index >= 15 is 0 Å². The van der Waals surface area contributed by atoms with Crippen LogP contribution in [-0.2, 0) is 11.3 Å². The van der Waals surface area contributed by atoms with E-state index in [0.29, 0.717) is 35.3 Å². The van der Waals surface area contributed by atoms with E-state index in [2.05, 4.69) is 10.1 Å². The van der Waals surface area contributed by atoms with Crippen LogP contribution in [0.1, 0.15) is 12.8 Å². The molecule has 0 bridgehead atoms. The number of rotatable bonds is 7. The van der Waals surface area contributed by atoms with Crippen LogP contribution in [-0.4, -0.2) is 51.3 Å². The maximum atomic E-state index is 13.5. The number of carbonyl (C=O) groups excluding carboxylic acids is 2. The highest BCUT2D eigenvalue weighted by molar-refractivity contribution is 8.04. The maximum Gasteiger partial charge on any atom is 0.506 e. The molecule has 1 unspecified atom stereocenters. The van der Waals surface area contributed by atoms with E-state index < -0.39 is 11.3 Å². The highest BCUT2D eigenvalue weighted by Crippen LogP contribution is 2.32. The van der Waals surface area contributed by atoms with Gasteiger partial charge in [-0.2, -0.15) is 14.4 Å². The van der Waals surface area contributed by atoms with Crippen LogP contribution in [0, 0.1) is 0 Å². The van der Waals surface area contributed by atoms with Gasteiger partial charge in [-0.25, -0.2) is 4.79 Å². The van der Waals surface area contributed by atoms with Crippen LogP contribution in [0.4, 0.5) is 10.5 Å². The minimum Gasteiger partial charge on any atom is -0.497 e. The average Bonchev–Trinajstić information content (AvgIpc) is 3.53. The molecule has 9 nitrogen and oxygen atoms in total. The summed E-state index contributed by atoms with van der Waals surface area (Å²) in [5, 5.41) is 5.34. The molecule has 34 heavy (non-hydrogen) atoms. The number of imide groups is 1. The highest BCUT2D eigenvalue weighted by atomic mass is 32.2. The lowest BCUT2D eigenvalue weighted by atomic mass is 10.1. The van der Waals surface area contributed by atoms with Crippen LogP contribution < -0.4 is 14.4 Å². The molecule has 0 aliphatic carbocycles. The van der Waals surface area contributed by atoms with Crippen molar-refractivity contribution in [2.45, 2.75) is 18.7 Å². The van der Waals surface area contributed by atoms with E-state index in [1.54, 1.807) is 43.5 Å². The number of methoxy groups -OCH3 is 1. The Morgan fingerprint density at radius 3 is 2.74 bits per heavy atom. The third-order valence-corrected chi connectivity index (χ3v) is 6.40. The predicted octanol–water partition coefficient (Wildman–Crippen LogP) is 3.89. The first-order valence-corrected chi connectivity index (χ1v) is 11.6. The van der Waals surface area contributed by atoms with Gasteiger partial charge in [0.1, 0.15) is 22.9 Å². The standard InChI is InChI=1S/C24H21N4O5S/c1-3-32-17-9-7-16(8-10-17)28-23(29)21-19(11-12-34-21)27(24(28)30)14-20-25-22(26-33-20)15-5-4-6-18(13-15)31-2/h4-13,21H,3,14H2,1-2H3/q+1. The smallest absolute Gasteiger partial charge is 0.497 e. The number of hydrogen-bond acceptors (Lipinski definition) is 8. The number of allylic oxidation sites excluding steroid dienone is 1. The number of thioether (sulfide) groups is 1. The SMILES string of the molecule is CCOc1ccc(N2C(=O)C3SC=CC3=[N+](Cc3nc(-c4cccc(OC)c4)no3)C2=O)cc1. The summed E-state index contributed by atoms with van der Waals surface area (Å²) in [4.78, 5) is 32.3. The molecule has 0 saturated heterocycles. The minimum absolute atomic E-state index is 0.0351. The molecule has 3 heterocycles. The molecule has 2 aliphatic rings. The van der Waals surface area contributed by atoms with Crippen molar-refractivity contribution in [2.24, 2.45) is 0 Å². The zero-order chi connectivity index (χ0) is 23.7. The van der Waals surface area contributed by atoms with Crippen LogP contribution in [0.25, 0.3) is 11.4 Å². The second-order valence-electron chi connectivity index (χ2n) is 7.46. The first kappa shape index (κ1) is 21.9. The first-order chi connectivity index (χ1) is 16.6. The summed E-state index contributed by atoms with van der Waals surface area (Å²) in [7, 11) is 1.58. The van der Waals surface area contributed by atoms with Crippen molar-refractivity contribution in [3.63, 3.8) is 0 Å². The molecule has 0 spiro atoms. The van der Waals surface area contributed by atoms with Gasteiger partial charge in [0.25, 0.3) is 5.89 Å². The van der Waals surface area contributed by atoms with Gasteiger partial charge in [-0.05, 0) is 54.8 Å². The van der Waals surface area contributed by atoms with Gasteiger partial charge in [-0.3, -0.25) is 0 Å². The molecule has 3 amide bonds. The zero-order valence-corrected chi connectivity index (χ0v) is 19.3. The summed E-state index contributed by atoms with van der Waals surface area (Å²) >= 11 is 1.36. The molecule has 3 aromatic rings. The van der Waals surface area contributed by atoms with Crippen molar-refractivity contribution in [3.05, 3.63) is 65.9 Å². The number of hydrogen-bond donors (Lipinski definition) is 0. The fourth-order valence-corrected chi connectivity index (χ4v) is 4.73. The lowest BCUT2D eigenvalue weighted by Crippen LogP contribution is -2.55. The topological polar surface area (TPSA) is 97.8 Å². The Labute approximate surface area is 199 Å². The van der Waals surface area contributed by atoms with E-state index in [9.17, 15) is 9.59 Å². The zero-order valence-electron chi connectivity index (χ0n) is 18.5. The lowest BCUT2D eigenvalue weighted by molar-refractivity contribution is -0.448. The molecule has 0 radical (unpaired) electrons. The molecule has 2 aliphatic heterocycles. The molecule has 1 atom stereocenters. The van der Waals surface area contributed by atoms with Gasteiger partial charge < -0.3 is 14.0 Å². The van der Waals surface area contributed by atoms with E-state index in [0.717, 1.165) is 5.56 Å². The Morgan fingerprint density at radius 2 is 1.97 bits per heavy atom. The van der Waals surface area contributed by atoms with Crippen LogP contribution >= 0.6 is 11.8 Å². The van der Waals surface area contributed by atoms with Gasteiger partial charge in [0.15, 0.2) is 11.8 Å². The summed E-state index contributed by atoms with van der Waals surface area (Å²) in [5.41, 5.74) is 1.80. The molecule has 5 rings (SSSR count). The van der Waals surface area contributed by atoms with Crippen LogP contribution in [0.3, 0.4) is 0 Å². The largest absolute Gasteiger partial charge is 0.506 e. The fraction of sp³-hybridized carbons (Fsp3) is 0.208. The number of carbonyl (C=O) groups is 2. The third-order valence-electron chi connectivity index (χ3n) is 5.40. The van der Waals surface area contributed by atoms with Gasteiger partial charge in [0.2, 0.25) is 5.82 Å². The number of nitrogens with zero attached hydrogens (tertiary/aromatic N) is 4. The van der Waals surface area contributed by atoms with Crippen molar-refractivity contribution in [2.75, 3.05) is 18.6 Å². The van der Waals surface area contributed by atoms with Gasteiger partial charge in [0, 0.05) is 5.56 Å².